The number of alkyl halides is 1. The molecule has 0 N–H and O–H groups in total. The molecule has 0 radical (unpaired) electrons. The van der Waals surface area contributed by atoms with Crippen molar-refractivity contribution in [3.05, 3.63) is 35.9 Å². The Morgan fingerprint density at radius 2 is 2.00 bits per heavy atom. The van der Waals surface area contributed by atoms with Crippen LogP contribution in [0.15, 0.2) is 30.3 Å². The first kappa shape index (κ1) is 8.95. The first-order chi connectivity index (χ1) is 5.29. The van der Waals surface area contributed by atoms with Crippen LogP contribution in [0.2, 0.25) is 0 Å². The minimum atomic E-state index is 0.204. The first-order valence-corrected chi connectivity index (χ1v) is 5.07. The molecule has 60 valence electrons. The summed E-state index contributed by atoms with van der Waals surface area (Å²) in [7, 11) is 0. The molecule has 0 fully saturated rings. The van der Waals surface area contributed by atoms with Crippen LogP contribution in [-0.2, 0) is 5.75 Å². The van der Waals surface area contributed by atoms with Gasteiger partial charge in [0.25, 0.3) is 0 Å². The molecular weight excluding hydrogens is 176 g/mol. The fourth-order valence-corrected chi connectivity index (χ4v) is 1.59. The SMILES string of the molecule is CC(Cl)SCc1ccccc1. The van der Waals surface area contributed by atoms with Gasteiger partial charge in [-0.15, -0.1) is 23.4 Å². The molecule has 0 aliphatic rings. The van der Waals surface area contributed by atoms with Crippen LogP contribution in [0.1, 0.15) is 12.5 Å². The van der Waals surface area contributed by atoms with E-state index in [9.17, 15) is 0 Å². The fraction of sp³-hybridized carbons (Fsp3) is 0.333. The zero-order valence-corrected chi connectivity index (χ0v) is 8.03. The van der Waals surface area contributed by atoms with E-state index in [1.54, 1.807) is 11.8 Å². The Kier molecular flexibility index (Phi) is 3.81. The van der Waals surface area contributed by atoms with E-state index in [0.717, 1.165) is 5.75 Å². The molecule has 2 heteroatoms. The lowest BCUT2D eigenvalue weighted by Crippen LogP contribution is -1.84. The molecule has 0 aliphatic carbocycles. The average Bonchev–Trinajstić information content (AvgIpc) is 2.03. The Bertz CT molecular complexity index is 196. The second-order valence-electron chi connectivity index (χ2n) is 2.34. The standard InChI is InChI=1S/C9H11ClS/c1-8(10)11-7-9-5-3-2-4-6-9/h2-6,8H,7H2,1H3. The highest BCUT2D eigenvalue weighted by atomic mass is 35.5. The largest absolute Gasteiger partial charge is 0.138 e. The van der Waals surface area contributed by atoms with E-state index in [2.05, 4.69) is 24.3 Å². The molecule has 0 heterocycles. The predicted octanol–water partition coefficient (Wildman–Crippen LogP) is 3.50. The van der Waals surface area contributed by atoms with Crippen LogP contribution < -0.4 is 0 Å². The number of halogens is 1. The van der Waals surface area contributed by atoms with Crippen molar-refractivity contribution in [2.45, 2.75) is 17.4 Å². The summed E-state index contributed by atoms with van der Waals surface area (Å²) < 4.78 is 0.204. The molecule has 1 unspecified atom stereocenters. The second kappa shape index (κ2) is 4.68. The Labute approximate surface area is 77.0 Å². The van der Waals surface area contributed by atoms with Gasteiger partial charge in [-0.25, -0.2) is 0 Å². The highest BCUT2D eigenvalue weighted by Crippen LogP contribution is 2.19. The fourth-order valence-electron chi connectivity index (χ4n) is 0.785. The van der Waals surface area contributed by atoms with E-state index in [0.29, 0.717) is 0 Å². The third-order valence-electron chi connectivity index (χ3n) is 1.32. The van der Waals surface area contributed by atoms with Crippen molar-refractivity contribution >= 4 is 23.4 Å². The maximum Gasteiger partial charge on any atom is 0.0764 e. The molecule has 0 aromatic heterocycles. The summed E-state index contributed by atoms with van der Waals surface area (Å²) in [6.07, 6.45) is 0. The van der Waals surface area contributed by atoms with Crippen LogP contribution in [0, 0.1) is 0 Å². The Balaban J connectivity index is 2.39. The number of hydrogen-bond donors (Lipinski definition) is 0. The Hall–Kier alpha value is -0.140. The summed E-state index contributed by atoms with van der Waals surface area (Å²) in [6.45, 7) is 2.00. The summed E-state index contributed by atoms with van der Waals surface area (Å²) in [6, 6.07) is 10.4. The molecule has 11 heavy (non-hydrogen) atoms. The van der Waals surface area contributed by atoms with Crippen molar-refractivity contribution in [2.75, 3.05) is 0 Å². The number of hydrogen-bond acceptors (Lipinski definition) is 1. The molecule has 1 aromatic carbocycles. The third kappa shape index (κ3) is 3.68. The minimum Gasteiger partial charge on any atom is -0.138 e. The topological polar surface area (TPSA) is 0 Å². The Morgan fingerprint density at radius 3 is 2.55 bits per heavy atom. The van der Waals surface area contributed by atoms with Gasteiger partial charge in [-0.3, -0.25) is 0 Å². The van der Waals surface area contributed by atoms with E-state index < -0.39 is 0 Å². The molecule has 1 aromatic rings. The summed E-state index contributed by atoms with van der Waals surface area (Å²) in [4.78, 5) is 0. The molecule has 0 aliphatic heterocycles. The molecule has 0 bridgehead atoms. The van der Waals surface area contributed by atoms with Gasteiger partial charge in [-0.05, 0) is 12.5 Å². The zero-order chi connectivity index (χ0) is 8.10. The van der Waals surface area contributed by atoms with Gasteiger partial charge in [0.1, 0.15) is 0 Å². The maximum atomic E-state index is 5.79. The van der Waals surface area contributed by atoms with E-state index in [1.165, 1.54) is 5.56 Å². The monoisotopic (exact) mass is 186 g/mol. The quantitative estimate of drug-likeness (QED) is 0.652. The van der Waals surface area contributed by atoms with E-state index >= 15 is 0 Å². The molecular formula is C9H11ClS. The third-order valence-corrected chi connectivity index (χ3v) is 2.66. The average molecular weight is 187 g/mol. The van der Waals surface area contributed by atoms with Crippen molar-refractivity contribution in [2.24, 2.45) is 0 Å². The van der Waals surface area contributed by atoms with Gasteiger partial charge >= 0.3 is 0 Å². The van der Waals surface area contributed by atoms with E-state index in [-0.39, 0.29) is 4.71 Å². The van der Waals surface area contributed by atoms with E-state index in [1.807, 2.05) is 13.0 Å². The van der Waals surface area contributed by atoms with Crippen molar-refractivity contribution < 1.29 is 0 Å². The van der Waals surface area contributed by atoms with Crippen LogP contribution in [-0.4, -0.2) is 4.71 Å². The summed E-state index contributed by atoms with van der Waals surface area (Å²) >= 11 is 7.54. The van der Waals surface area contributed by atoms with Crippen molar-refractivity contribution in [1.82, 2.24) is 0 Å². The number of rotatable bonds is 3. The smallest absolute Gasteiger partial charge is 0.0764 e. The number of thioether (sulfide) groups is 1. The molecule has 0 nitrogen and oxygen atoms in total. The van der Waals surface area contributed by atoms with Crippen molar-refractivity contribution in [3.63, 3.8) is 0 Å². The predicted molar refractivity (Wildman–Crippen MR) is 53.1 cm³/mol. The van der Waals surface area contributed by atoms with Gasteiger partial charge in [0.05, 0.1) is 4.71 Å². The van der Waals surface area contributed by atoms with Crippen molar-refractivity contribution in [1.29, 1.82) is 0 Å². The molecule has 0 saturated heterocycles. The zero-order valence-electron chi connectivity index (χ0n) is 6.46. The van der Waals surface area contributed by atoms with Gasteiger partial charge in [-0.2, -0.15) is 0 Å². The second-order valence-corrected chi connectivity index (χ2v) is 4.58. The highest BCUT2D eigenvalue weighted by molar-refractivity contribution is 8.00. The van der Waals surface area contributed by atoms with Gasteiger partial charge in [0, 0.05) is 5.75 Å². The van der Waals surface area contributed by atoms with E-state index in [4.69, 9.17) is 11.6 Å². The molecule has 0 saturated carbocycles. The van der Waals surface area contributed by atoms with Gasteiger partial charge < -0.3 is 0 Å². The number of benzene rings is 1. The van der Waals surface area contributed by atoms with Crippen LogP contribution >= 0.6 is 23.4 Å². The van der Waals surface area contributed by atoms with Crippen LogP contribution in [0.25, 0.3) is 0 Å². The normalized spacial score (nSPS) is 12.9. The van der Waals surface area contributed by atoms with Crippen LogP contribution in [0.3, 0.4) is 0 Å². The molecule has 1 rings (SSSR count). The molecule has 0 amide bonds. The van der Waals surface area contributed by atoms with Crippen LogP contribution in [0.4, 0.5) is 0 Å². The summed E-state index contributed by atoms with van der Waals surface area (Å²) in [5.41, 5.74) is 1.34. The molecule has 1 atom stereocenters. The van der Waals surface area contributed by atoms with Gasteiger partial charge in [-0.1, -0.05) is 30.3 Å². The highest BCUT2D eigenvalue weighted by Gasteiger charge is 1.96. The molecule has 0 spiro atoms. The minimum absolute atomic E-state index is 0.204. The Morgan fingerprint density at radius 1 is 1.36 bits per heavy atom. The van der Waals surface area contributed by atoms with Crippen molar-refractivity contribution in [3.8, 4) is 0 Å². The van der Waals surface area contributed by atoms with Gasteiger partial charge in [0.2, 0.25) is 0 Å². The lowest BCUT2D eigenvalue weighted by molar-refractivity contribution is 1.35. The maximum absolute atomic E-state index is 5.79. The van der Waals surface area contributed by atoms with Crippen LogP contribution in [0.5, 0.6) is 0 Å². The van der Waals surface area contributed by atoms with Gasteiger partial charge in [0.15, 0.2) is 0 Å². The summed E-state index contributed by atoms with van der Waals surface area (Å²) in [5, 5.41) is 0. The lowest BCUT2D eigenvalue weighted by Gasteiger charge is -2.01. The summed E-state index contributed by atoms with van der Waals surface area (Å²) in [5.74, 6) is 1.01. The first-order valence-electron chi connectivity index (χ1n) is 3.58. The lowest BCUT2D eigenvalue weighted by atomic mass is 10.2.